The van der Waals surface area contributed by atoms with Crippen LogP contribution >= 0.6 is 11.3 Å². The average molecular weight is 365 g/mol. The first kappa shape index (κ1) is 15.5. The van der Waals surface area contributed by atoms with E-state index in [1.807, 2.05) is 17.9 Å². The molecule has 0 amide bonds. The Morgan fingerprint density at radius 1 is 1.23 bits per heavy atom. The Morgan fingerprint density at radius 2 is 2.23 bits per heavy atom. The fourth-order valence-electron chi connectivity index (χ4n) is 3.80. The van der Waals surface area contributed by atoms with Gasteiger partial charge in [-0.2, -0.15) is 0 Å². The molecule has 1 N–H and O–H groups in total. The maximum atomic E-state index is 4.67. The number of hydrogen-bond donors (Lipinski definition) is 1. The van der Waals surface area contributed by atoms with Gasteiger partial charge >= 0.3 is 0 Å². The molecule has 0 bridgehead atoms. The predicted molar refractivity (Wildman–Crippen MR) is 102 cm³/mol. The van der Waals surface area contributed by atoms with Crippen LogP contribution < -0.4 is 4.90 Å². The number of fused-ring (bicyclic) bond motifs is 1. The van der Waals surface area contributed by atoms with Crippen molar-refractivity contribution in [2.24, 2.45) is 0 Å². The summed E-state index contributed by atoms with van der Waals surface area (Å²) in [5.74, 6) is 2.54. The third-order valence-corrected chi connectivity index (χ3v) is 5.62. The number of nitrogens with one attached hydrogen (secondary N) is 1. The molecule has 5 heterocycles. The van der Waals surface area contributed by atoms with E-state index in [9.17, 15) is 0 Å². The normalized spacial score (nSPS) is 17.8. The SMILES string of the molecule is c1cn(Cc2cscn2)c(C2CCCN(c3ncnc4[nH]ccc34)C2)n1. The van der Waals surface area contributed by atoms with Gasteiger partial charge in [-0.1, -0.05) is 0 Å². The van der Waals surface area contributed by atoms with Crippen LogP contribution in [-0.4, -0.2) is 42.6 Å². The van der Waals surface area contributed by atoms with Crippen molar-refractivity contribution in [3.05, 3.63) is 53.4 Å². The first-order valence-electron chi connectivity index (χ1n) is 8.79. The summed E-state index contributed by atoms with van der Waals surface area (Å²) in [5, 5.41) is 3.18. The molecule has 1 atom stereocenters. The number of thiazole rings is 1. The van der Waals surface area contributed by atoms with E-state index in [1.165, 1.54) is 0 Å². The van der Waals surface area contributed by atoms with E-state index in [2.05, 4.69) is 52.0 Å². The van der Waals surface area contributed by atoms with Crippen molar-refractivity contribution in [3.63, 3.8) is 0 Å². The molecule has 0 aliphatic carbocycles. The minimum Gasteiger partial charge on any atom is -0.355 e. The zero-order chi connectivity index (χ0) is 17.3. The highest BCUT2D eigenvalue weighted by Gasteiger charge is 2.26. The summed E-state index contributed by atoms with van der Waals surface area (Å²) in [6, 6.07) is 2.05. The lowest BCUT2D eigenvalue weighted by Crippen LogP contribution is -2.36. The summed E-state index contributed by atoms with van der Waals surface area (Å²) in [6.07, 6.45) is 9.79. The number of rotatable bonds is 4. The second-order valence-electron chi connectivity index (χ2n) is 6.62. The van der Waals surface area contributed by atoms with E-state index in [4.69, 9.17) is 0 Å². The van der Waals surface area contributed by atoms with Crippen molar-refractivity contribution in [1.29, 1.82) is 0 Å². The lowest BCUT2D eigenvalue weighted by Gasteiger charge is -2.33. The first-order valence-corrected chi connectivity index (χ1v) is 9.74. The van der Waals surface area contributed by atoms with Gasteiger partial charge in [0, 0.05) is 43.0 Å². The molecule has 4 aromatic rings. The van der Waals surface area contributed by atoms with Gasteiger partial charge in [0.1, 0.15) is 23.6 Å². The fraction of sp³-hybridized carbons (Fsp3) is 0.333. The van der Waals surface area contributed by atoms with Crippen molar-refractivity contribution < 1.29 is 0 Å². The van der Waals surface area contributed by atoms with Gasteiger partial charge in [-0.3, -0.25) is 0 Å². The third-order valence-electron chi connectivity index (χ3n) is 4.98. The van der Waals surface area contributed by atoms with Gasteiger partial charge in [0.2, 0.25) is 0 Å². The van der Waals surface area contributed by atoms with Crippen LogP contribution in [0.5, 0.6) is 0 Å². The maximum absolute atomic E-state index is 4.67. The van der Waals surface area contributed by atoms with Crippen LogP contribution in [0.4, 0.5) is 5.82 Å². The molecule has 1 aliphatic rings. The quantitative estimate of drug-likeness (QED) is 0.602. The van der Waals surface area contributed by atoms with Gasteiger partial charge in [0.05, 0.1) is 23.1 Å². The van der Waals surface area contributed by atoms with Crippen molar-refractivity contribution in [2.45, 2.75) is 25.3 Å². The minimum atomic E-state index is 0.390. The Morgan fingerprint density at radius 3 is 3.15 bits per heavy atom. The summed E-state index contributed by atoms with van der Waals surface area (Å²) in [5.41, 5.74) is 3.86. The second-order valence-corrected chi connectivity index (χ2v) is 7.33. The largest absolute Gasteiger partial charge is 0.355 e. The molecule has 26 heavy (non-hydrogen) atoms. The van der Waals surface area contributed by atoms with Crippen LogP contribution in [-0.2, 0) is 6.54 Å². The monoisotopic (exact) mass is 365 g/mol. The molecule has 0 spiro atoms. The van der Waals surface area contributed by atoms with Crippen LogP contribution in [0, 0.1) is 0 Å². The van der Waals surface area contributed by atoms with Crippen molar-refractivity contribution in [1.82, 2.24) is 29.5 Å². The Balaban J connectivity index is 1.42. The average Bonchev–Trinajstić information content (AvgIpc) is 3.43. The van der Waals surface area contributed by atoms with Crippen LogP contribution in [0.3, 0.4) is 0 Å². The zero-order valence-electron chi connectivity index (χ0n) is 14.2. The topological polar surface area (TPSA) is 75.5 Å². The highest BCUT2D eigenvalue weighted by Crippen LogP contribution is 2.31. The lowest BCUT2D eigenvalue weighted by atomic mass is 9.97. The van der Waals surface area contributed by atoms with E-state index in [-0.39, 0.29) is 0 Å². The van der Waals surface area contributed by atoms with Gasteiger partial charge in [-0.05, 0) is 18.9 Å². The molecule has 1 saturated heterocycles. The maximum Gasteiger partial charge on any atom is 0.142 e. The molecule has 0 aromatic carbocycles. The van der Waals surface area contributed by atoms with E-state index < -0.39 is 0 Å². The number of nitrogens with zero attached hydrogens (tertiary/aromatic N) is 6. The number of aromatic nitrogens is 6. The Hall–Kier alpha value is -2.74. The van der Waals surface area contributed by atoms with Gasteiger partial charge in [-0.15, -0.1) is 11.3 Å². The smallest absolute Gasteiger partial charge is 0.142 e. The van der Waals surface area contributed by atoms with Crippen molar-refractivity contribution in [2.75, 3.05) is 18.0 Å². The van der Waals surface area contributed by atoms with Gasteiger partial charge < -0.3 is 14.5 Å². The molecule has 7 nitrogen and oxygen atoms in total. The minimum absolute atomic E-state index is 0.390. The Kier molecular flexibility index (Phi) is 3.89. The van der Waals surface area contributed by atoms with Crippen LogP contribution in [0.2, 0.25) is 0 Å². The van der Waals surface area contributed by atoms with Crippen molar-refractivity contribution >= 4 is 28.2 Å². The number of H-pyrrole nitrogens is 1. The molecular weight excluding hydrogens is 346 g/mol. The van der Waals surface area contributed by atoms with E-state index in [0.29, 0.717) is 5.92 Å². The van der Waals surface area contributed by atoms with E-state index >= 15 is 0 Å². The fourth-order valence-corrected chi connectivity index (χ4v) is 4.35. The van der Waals surface area contributed by atoms with Crippen LogP contribution in [0.15, 0.2) is 41.9 Å². The third kappa shape index (κ3) is 2.76. The first-order chi connectivity index (χ1) is 12.9. The molecule has 1 fully saturated rings. The van der Waals surface area contributed by atoms with Crippen molar-refractivity contribution in [3.8, 4) is 0 Å². The Bertz CT molecular complexity index is 1000. The zero-order valence-corrected chi connectivity index (χ0v) is 15.1. The summed E-state index contributed by atoms with van der Waals surface area (Å²) in [4.78, 5) is 23.5. The van der Waals surface area contributed by atoms with Crippen LogP contribution in [0.1, 0.15) is 30.3 Å². The predicted octanol–water partition coefficient (Wildman–Crippen LogP) is 3.04. The number of hydrogen-bond acceptors (Lipinski definition) is 6. The Labute approximate surface area is 154 Å². The highest BCUT2D eigenvalue weighted by atomic mass is 32.1. The highest BCUT2D eigenvalue weighted by molar-refractivity contribution is 7.07. The van der Waals surface area contributed by atoms with Gasteiger partial charge in [0.25, 0.3) is 0 Å². The lowest BCUT2D eigenvalue weighted by molar-refractivity contribution is 0.474. The van der Waals surface area contributed by atoms with Gasteiger partial charge in [-0.25, -0.2) is 19.9 Å². The van der Waals surface area contributed by atoms with Gasteiger partial charge in [0.15, 0.2) is 0 Å². The molecule has 4 aromatic heterocycles. The molecule has 1 aliphatic heterocycles. The standard InChI is InChI=1S/C18H19N7S/c1-2-13(17-20-5-7-25(17)9-14-10-26-12-23-14)8-24(6-1)18-15-3-4-19-16(15)21-11-22-18/h3-5,7,10-13H,1-2,6,8-9H2,(H,19,21,22). The number of piperidine rings is 1. The molecular formula is C18H19N7S. The van der Waals surface area contributed by atoms with E-state index in [1.54, 1.807) is 17.7 Å². The molecule has 8 heteroatoms. The van der Waals surface area contributed by atoms with Crippen LogP contribution in [0.25, 0.3) is 11.0 Å². The summed E-state index contributed by atoms with van der Waals surface area (Å²) in [7, 11) is 0. The molecule has 0 saturated carbocycles. The molecule has 1 unspecified atom stereocenters. The number of imidazole rings is 1. The summed E-state index contributed by atoms with van der Waals surface area (Å²) < 4.78 is 2.23. The molecule has 0 radical (unpaired) electrons. The number of aromatic amines is 1. The molecule has 132 valence electrons. The summed E-state index contributed by atoms with van der Waals surface area (Å²) >= 11 is 1.63. The second kappa shape index (κ2) is 6.53. The molecule has 5 rings (SSSR count). The number of anilines is 1. The van der Waals surface area contributed by atoms with E-state index in [0.717, 1.165) is 60.8 Å². The summed E-state index contributed by atoms with van der Waals surface area (Å²) in [6.45, 7) is 2.72.